The second kappa shape index (κ2) is 8.82. The molecule has 5 heteroatoms. The number of carbonyl (C=O) groups is 1. The van der Waals surface area contributed by atoms with Crippen LogP contribution in [-0.4, -0.2) is 18.6 Å². The van der Waals surface area contributed by atoms with Gasteiger partial charge in [-0.05, 0) is 43.7 Å². The molecule has 0 aromatic heterocycles. The van der Waals surface area contributed by atoms with Crippen molar-refractivity contribution < 1.29 is 14.3 Å². The molecule has 0 aliphatic rings. The van der Waals surface area contributed by atoms with Crippen LogP contribution in [-0.2, 0) is 11.3 Å². The van der Waals surface area contributed by atoms with Crippen molar-refractivity contribution in [1.82, 2.24) is 0 Å². The summed E-state index contributed by atoms with van der Waals surface area (Å²) in [5.74, 6) is 1.19. The number of ether oxygens (including phenoxy) is 2. The standard InChI is InChI=1S/C19H24N2O3/c1-14(2)24-16-7-5-6-15(12-16)13-21-17-8-3-4-9-18(17)23-11-10-19(20)22/h3-9,12,14,21H,10-11,13H2,1-2H3,(H2,20,22). The SMILES string of the molecule is CC(C)Oc1cccc(CNc2ccccc2OCCC(N)=O)c1. The molecule has 1 amide bonds. The molecule has 0 unspecified atom stereocenters. The molecule has 2 rings (SSSR count). The monoisotopic (exact) mass is 328 g/mol. The highest BCUT2D eigenvalue weighted by atomic mass is 16.5. The number of para-hydroxylation sites is 2. The zero-order valence-corrected chi connectivity index (χ0v) is 14.1. The van der Waals surface area contributed by atoms with E-state index < -0.39 is 0 Å². The van der Waals surface area contributed by atoms with E-state index in [1.54, 1.807) is 0 Å². The Bertz CT molecular complexity index is 671. The van der Waals surface area contributed by atoms with Gasteiger partial charge in [0.2, 0.25) is 5.91 Å². The summed E-state index contributed by atoms with van der Waals surface area (Å²) >= 11 is 0. The van der Waals surface area contributed by atoms with Crippen molar-refractivity contribution in [2.75, 3.05) is 11.9 Å². The van der Waals surface area contributed by atoms with Gasteiger partial charge >= 0.3 is 0 Å². The van der Waals surface area contributed by atoms with Crippen LogP contribution in [0.3, 0.4) is 0 Å². The van der Waals surface area contributed by atoms with Gasteiger partial charge in [-0.3, -0.25) is 4.79 Å². The van der Waals surface area contributed by atoms with Crippen molar-refractivity contribution in [3.05, 3.63) is 54.1 Å². The number of hydrogen-bond donors (Lipinski definition) is 2. The van der Waals surface area contributed by atoms with E-state index >= 15 is 0 Å². The zero-order valence-electron chi connectivity index (χ0n) is 14.1. The van der Waals surface area contributed by atoms with Gasteiger partial charge < -0.3 is 20.5 Å². The van der Waals surface area contributed by atoms with Gasteiger partial charge in [-0.25, -0.2) is 0 Å². The summed E-state index contributed by atoms with van der Waals surface area (Å²) in [6.45, 7) is 4.92. The first-order valence-electron chi connectivity index (χ1n) is 8.04. The van der Waals surface area contributed by atoms with Crippen molar-refractivity contribution in [1.29, 1.82) is 0 Å². The Morgan fingerprint density at radius 1 is 1.17 bits per heavy atom. The molecule has 0 aliphatic heterocycles. The second-order valence-electron chi connectivity index (χ2n) is 5.73. The van der Waals surface area contributed by atoms with Crippen molar-refractivity contribution >= 4 is 11.6 Å². The fourth-order valence-electron chi connectivity index (χ4n) is 2.20. The third-order valence-electron chi connectivity index (χ3n) is 3.25. The molecule has 5 nitrogen and oxygen atoms in total. The minimum absolute atomic E-state index is 0.146. The minimum atomic E-state index is -0.373. The molecule has 24 heavy (non-hydrogen) atoms. The summed E-state index contributed by atoms with van der Waals surface area (Å²) in [6, 6.07) is 15.6. The smallest absolute Gasteiger partial charge is 0.220 e. The lowest BCUT2D eigenvalue weighted by atomic mass is 10.2. The van der Waals surface area contributed by atoms with E-state index in [0.717, 1.165) is 17.0 Å². The molecule has 0 saturated heterocycles. The van der Waals surface area contributed by atoms with Crippen LogP contribution in [0.15, 0.2) is 48.5 Å². The zero-order chi connectivity index (χ0) is 17.4. The number of benzene rings is 2. The highest BCUT2D eigenvalue weighted by Gasteiger charge is 2.05. The summed E-state index contributed by atoms with van der Waals surface area (Å²) in [5, 5.41) is 3.35. The average molecular weight is 328 g/mol. The average Bonchev–Trinajstić information content (AvgIpc) is 2.53. The number of anilines is 1. The lowest BCUT2D eigenvalue weighted by Crippen LogP contribution is -2.15. The van der Waals surface area contributed by atoms with Gasteiger partial charge in [0, 0.05) is 6.54 Å². The van der Waals surface area contributed by atoms with Crippen molar-refractivity contribution in [2.45, 2.75) is 32.9 Å². The normalized spacial score (nSPS) is 10.5. The first-order valence-corrected chi connectivity index (χ1v) is 8.04. The number of primary amides is 1. The van der Waals surface area contributed by atoms with E-state index in [9.17, 15) is 4.79 Å². The van der Waals surface area contributed by atoms with E-state index in [1.165, 1.54) is 0 Å². The van der Waals surface area contributed by atoms with Crippen molar-refractivity contribution in [2.24, 2.45) is 5.73 Å². The Kier molecular flexibility index (Phi) is 6.49. The molecule has 3 N–H and O–H groups in total. The number of amides is 1. The summed E-state index contributed by atoms with van der Waals surface area (Å²) in [6.07, 6.45) is 0.343. The molecular formula is C19H24N2O3. The van der Waals surface area contributed by atoms with Crippen molar-refractivity contribution in [3.8, 4) is 11.5 Å². The topological polar surface area (TPSA) is 73.6 Å². The maximum atomic E-state index is 10.8. The molecule has 2 aromatic carbocycles. The van der Waals surface area contributed by atoms with Crippen LogP contribution < -0.4 is 20.5 Å². The molecule has 0 saturated carbocycles. The number of hydrogen-bond acceptors (Lipinski definition) is 4. The van der Waals surface area contributed by atoms with Crippen LogP contribution in [0.1, 0.15) is 25.8 Å². The van der Waals surface area contributed by atoms with Gasteiger partial charge in [-0.1, -0.05) is 24.3 Å². The van der Waals surface area contributed by atoms with Crippen molar-refractivity contribution in [3.63, 3.8) is 0 Å². The van der Waals surface area contributed by atoms with Crippen LogP contribution in [0, 0.1) is 0 Å². The van der Waals surface area contributed by atoms with Crippen LogP contribution in [0.25, 0.3) is 0 Å². The molecule has 0 bridgehead atoms. The Morgan fingerprint density at radius 2 is 1.96 bits per heavy atom. The largest absolute Gasteiger partial charge is 0.491 e. The minimum Gasteiger partial charge on any atom is -0.491 e. The predicted molar refractivity (Wildman–Crippen MR) is 95.3 cm³/mol. The molecule has 128 valence electrons. The van der Waals surface area contributed by atoms with E-state index in [1.807, 2.05) is 62.4 Å². The first-order chi connectivity index (χ1) is 11.5. The van der Waals surface area contributed by atoms with Crippen LogP contribution in [0.2, 0.25) is 0 Å². The highest BCUT2D eigenvalue weighted by molar-refractivity contribution is 5.73. The van der Waals surface area contributed by atoms with E-state index in [0.29, 0.717) is 12.3 Å². The molecule has 0 aliphatic carbocycles. The lowest BCUT2D eigenvalue weighted by molar-refractivity contribution is -0.118. The van der Waals surface area contributed by atoms with Gasteiger partial charge in [-0.15, -0.1) is 0 Å². The van der Waals surface area contributed by atoms with Crippen LogP contribution >= 0.6 is 0 Å². The van der Waals surface area contributed by atoms with Crippen LogP contribution in [0.5, 0.6) is 11.5 Å². The number of rotatable bonds is 9. The van der Waals surface area contributed by atoms with Gasteiger partial charge in [0.1, 0.15) is 11.5 Å². The molecular weight excluding hydrogens is 304 g/mol. The number of carbonyl (C=O) groups excluding carboxylic acids is 1. The van der Waals surface area contributed by atoms with Crippen LogP contribution in [0.4, 0.5) is 5.69 Å². The Hall–Kier alpha value is -2.69. The third-order valence-corrected chi connectivity index (χ3v) is 3.25. The van der Waals surface area contributed by atoms with Gasteiger partial charge in [0.05, 0.1) is 24.8 Å². The molecule has 0 spiro atoms. The number of nitrogens with two attached hydrogens (primary N) is 1. The fourth-order valence-corrected chi connectivity index (χ4v) is 2.20. The molecule has 0 fully saturated rings. The summed E-state index contributed by atoms with van der Waals surface area (Å²) in [5.41, 5.74) is 7.11. The lowest BCUT2D eigenvalue weighted by Gasteiger charge is -2.14. The summed E-state index contributed by atoms with van der Waals surface area (Å²) in [7, 11) is 0. The van der Waals surface area contributed by atoms with Gasteiger partial charge in [0.25, 0.3) is 0 Å². The van der Waals surface area contributed by atoms with E-state index in [4.69, 9.17) is 15.2 Å². The Balaban J connectivity index is 1.97. The first kappa shape index (κ1) is 17.7. The molecule has 2 aromatic rings. The Labute approximate surface area is 142 Å². The Morgan fingerprint density at radius 3 is 2.71 bits per heavy atom. The molecule has 0 atom stereocenters. The van der Waals surface area contributed by atoms with E-state index in [2.05, 4.69) is 5.32 Å². The third kappa shape index (κ3) is 5.83. The maximum absolute atomic E-state index is 10.8. The molecule has 0 radical (unpaired) electrons. The van der Waals surface area contributed by atoms with Gasteiger partial charge in [0.15, 0.2) is 0 Å². The fraction of sp³-hybridized carbons (Fsp3) is 0.316. The maximum Gasteiger partial charge on any atom is 0.220 e. The highest BCUT2D eigenvalue weighted by Crippen LogP contribution is 2.25. The second-order valence-corrected chi connectivity index (χ2v) is 5.73. The predicted octanol–water partition coefficient (Wildman–Crippen LogP) is 3.34. The number of nitrogens with one attached hydrogen (secondary N) is 1. The molecule has 0 heterocycles. The summed E-state index contributed by atoms with van der Waals surface area (Å²) in [4.78, 5) is 10.8. The quantitative estimate of drug-likeness (QED) is 0.740. The van der Waals surface area contributed by atoms with E-state index in [-0.39, 0.29) is 25.0 Å². The summed E-state index contributed by atoms with van der Waals surface area (Å²) < 4.78 is 11.3. The van der Waals surface area contributed by atoms with Gasteiger partial charge in [-0.2, -0.15) is 0 Å².